The lowest BCUT2D eigenvalue weighted by molar-refractivity contribution is -0.157. The van der Waals surface area contributed by atoms with E-state index in [-0.39, 0.29) is 5.91 Å². The molecule has 0 radical (unpaired) electrons. The quantitative estimate of drug-likeness (QED) is 0.671. The third kappa shape index (κ3) is 2.51. The van der Waals surface area contributed by atoms with E-state index in [1.165, 1.54) is 0 Å². The topological polar surface area (TPSA) is 70.1 Å². The van der Waals surface area contributed by atoms with Crippen LogP contribution >= 0.6 is 0 Å². The summed E-state index contributed by atoms with van der Waals surface area (Å²) in [5.41, 5.74) is 0. The highest BCUT2D eigenvalue weighted by Gasteiger charge is 2.29. The van der Waals surface area contributed by atoms with Crippen molar-refractivity contribution in [2.24, 2.45) is 0 Å². The average Bonchev–Trinajstić information content (AvgIpc) is 2.15. The number of hydrogen-bond acceptors (Lipinski definition) is 4. The Labute approximate surface area is 93.8 Å². The van der Waals surface area contributed by atoms with Gasteiger partial charge in [-0.2, -0.15) is 0 Å². The molecule has 90 valence electrons. The van der Waals surface area contributed by atoms with Gasteiger partial charge in [-0.3, -0.25) is 9.69 Å². The molecule has 2 aliphatic rings. The fraction of sp³-hybridized carbons (Fsp3) is 0.800. The molecule has 2 rings (SSSR count). The van der Waals surface area contributed by atoms with Crippen LogP contribution in [0.3, 0.4) is 0 Å². The lowest BCUT2D eigenvalue weighted by Crippen LogP contribution is -2.52. The zero-order valence-corrected chi connectivity index (χ0v) is 9.09. The molecule has 1 N–H and O–H groups in total. The van der Waals surface area contributed by atoms with Gasteiger partial charge in [0, 0.05) is 26.2 Å². The molecule has 1 amide bonds. The molecule has 0 bridgehead atoms. The van der Waals surface area contributed by atoms with Gasteiger partial charge >= 0.3 is 5.97 Å². The van der Waals surface area contributed by atoms with Gasteiger partial charge in [0.05, 0.1) is 13.2 Å². The number of carbonyl (C=O) groups excluding carboxylic acids is 1. The highest BCUT2D eigenvalue weighted by molar-refractivity contribution is 5.79. The van der Waals surface area contributed by atoms with Gasteiger partial charge in [-0.1, -0.05) is 0 Å². The third-order valence-corrected chi connectivity index (χ3v) is 2.99. The zero-order valence-electron chi connectivity index (χ0n) is 9.09. The van der Waals surface area contributed by atoms with Crippen molar-refractivity contribution in [1.29, 1.82) is 0 Å². The molecule has 0 aromatic heterocycles. The largest absolute Gasteiger partial charge is 0.479 e. The molecule has 2 saturated heterocycles. The van der Waals surface area contributed by atoms with E-state index in [0.717, 1.165) is 19.5 Å². The summed E-state index contributed by atoms with van der Waals surface area (Å²) in [6.45, 7) is 3.30. The normalized spacial score (nSPS) is 26.2. The number of aliphatic carboxylic acids is 1. The molecule has 2 heterocycles. The first kappa shape index (κ1) is 11.3. The molecule has 0 aliphatic carbocycles. The molecule has 0 spiro atoms. The highest BCUT2D eigenvalue weighted by atomic mass is 16.5. The van der Waals surface area contributed by atoms with Crippen LogP contribution in [0.2, 0.25) is 0 Å². The number of carbonyl (C=O) groups is 2. The number of likely N-dealkylation sites (tertiary alicyclic amines) is 1. The van der Waals surface area contributed by atoms with Crippen molar-refractivity contribution in [3.05, 3.63) is 0 Å². The van der Waals surface area contributed by atoms with Gasteiger partial charge in [0.1, 0.15) is 0 Å². The fourth-order valence-electron chi connectivity index (χ4n) is 1.85. The first-order valence-corrected chi connectivity index (χ1v) is 5.51. The van der Waals surface area contributed by atoms with E-state index in [4.69, 9.17) is 9.84 Å². The number of carboxylic acid groups (broad SMARTS) is 1. The summed E-state index contributed by atoms with van der Waals surface area (Å²) in [7, 11) is 0. The van der Waals surface area contributed by atoms with Crippen LogP contribution in [0.15, 0.2) is 0 Å². The maximum absolute atomic E-state index is 11.7. The van der Waals surface area contributed by atoms with Crippen LogP contribution in [-0.4, -0.2) is 72.2 Å². The van der Waals surface area contributed by atoms with Crippen LogP contribution in [0.1, 0.15) is 6.42 Å². The van der Waals surface area contributed by atoms with Crippen LogP contribution in [0, 0.1) is 0 Å². The molecule has 0 aromatic rings. The van der Waals surface area contributed by atoms with Crippen LogP contribution < -0.4 is 0 Å². The summed E-state index contributed by atoms with van der Waals surface area (Å²) in [6.07, 6.45) is 0.282. The van der Waals surface area contributed by atoms with Crippen molar-refractivity contribution < 1.29 is 19.4 Å². The summed E-state index contributed by atoms with van der Waals surface area (Å²) >= 11 is 0. The van der Waals surface area contributed by atoms with Crippen molar-refractivity contribution in [1.82, 2.24) is 9.80 Å². The summed E-state index contributed by atoms with van der Waals surface area (Å²) in [5, 5.41) is 8.81. The van der Waals surface area contributed by atoms with E-state index in [1.54, 1.807) is 4.90 Å². The fourth-order valence-corrected chi connectivity index (χ4v) is 1.85. The maximum atomic E-state index is 11.7. The second-order valence-corrected chi connectivity index (χ2v) is 4.17. The second-order valence-electron chi connectivity index (χ2n) is 4.17. The first-order valence-electron chi connectivity index (χ1n) is 5.51. The molecule has 0 saturated carbocycles. The number of morpholine rings is 1. The molecular weight excluding hydrogens is 212 g/mol. The number of amides is 1. The molecule has 6 heteroatoms. The molecule has 16 heavy (non-hydrogen) atoms. The lowest BCUT2D eigenvalue weighted by atomic mass is 10.2. The predicted molar refractivity (Wildman–Crippen MR) is 55.0 cm³/mol. The highest BCUT2D eigenvalue weighted by Crippen LogP contribution is 2.09. The second kappa shape index (κ2) is 4.80. The van der Waals surface area contributed by atoms with Crippen molar-refractivity contribution in [2.45, 2.75) is 12.5 Å². The van der Waals surface area contributed by atoms with E-state index in [1.807, 2.05) is 4.90 Å². The monoisotopic (exact) mass is 228 g/mol. The minimum absolute atomic E-state index is 0.0947. The molecule has 6 nitrogen and oxygen atoms in total. The standard InChI is InChI=1S/C10H16N2O4/c13-9(12-2-1-3-12)7-11-4-5-16-8(6-11)10(14)15/h8H,1-7H2,(H,14,15). The van der Waals surface area contributed by atoms with E-state index >= 15 is 0 Å². The van der Waals surface area contributed by atoms with Gasteiger partial charge in [-0.15, -0.1) is 0 Å². The number of rotatable bonds is 3. The number of nitrogens with zero attached hydrogens (tertiary/aromatic N) is 2. The smallest absolute Gasteiger partial charge is 0.334 e. The maximum Gasteiger partial charge on any atom is 0.334 e. The Morgan fingerprint density at radius 2 is 2.06 bits per heavy atom. The Morgan fingerprint density at radius 1 is 1.31 bits per heavy atom. The van der Waals surface area contributed by atoms with E-state index in [0.29, 0.717) is 26.2 Å². The number of hydrogen-bond donors (Lipinski definition) is 1. The average molecular weight is 228 g/mol. The predicted octanol–water partition coefficient (Wildman–Crippen LogP) is -0.996. The summed E-state index contributed by atoms with van der Waals surface area (Å²) in [4.78, 5) is 26.1. The molecule has 2 fully saturated rings. The van der Waals surface area contributed by atoms with Gasteiger partial charge in [0.2, 0.25) is 5.91 Å². The van der Waals surface area contributed by atoms with E-state index < -0.39 is 12.1 Å². The Balaban J connectivity index is 1.80. The Morgan fingerprint density at radius 3 is 2.62 bits per heavy atom. The van der Waals surface area contributed by atoms with Gasteiger partial charge in [0.15, 0.2) is 6.10 Å². The van der Waals surface area contributed by atoms with Crippen molar-refractivity contribution in [3.8, 4) is 0 Å². The molecule has 2 aliphatic heterocycles. The van der Waals surface area contributed by atoms with E-state index in [9.17, 15) is 9.59 Å². The van der Waals surface area contributed by atoms with Gasteiger partial charge in [-0.05, 0) is 6.42 Å². The summed E-state index contributed by atoms with van der Waals surface area (Å²) in [5.74, 6) is -0.863. The Kier molecular flexibility index (Phi) is 3.40. The molecular formula is C10H16N2O4. The zero-order chi connectivity index (χ0) is 11.5. The number of ether oxygens (including phenoxy) is 1. The molecule has 1 unspecified atom stereocenters. The first-order chi connectivity index (χ1) is 7.66. The van der Waals surface area contributed by atoms with Crippen LogP contribution in [-0.2, 0) is 14.3 Å². The minimum atomic E-state index is -0.957. The summed E-state index contributed by atoms with van der Waals surface area (Å²) in [6, 6.07) is 0. The van der Waals surface area contributed by atoms with Gasteiger partial charge in [-0.25, -0.2) is 4.79 Å². The van der Waals surface area contributed by atoms with Gasteiger partial charge < -0.3 is 14.7 Å². The minimum Gasteiger partial charge on any atom is -0.479 e. The van der Waals surface area contributed by atoms with E-state index in [2.05, 4.69) is 0 Å². The lowest BCUT2D eigenvalue weighted by Gasteiger charge is -2.35. The molecule has 0 aromatic carbocycles. The van der Waals surface area contributed by atoms with Crippen molar-refractivity contribution >= 4 is 11.9 Å². The Hall–Kier alpha value is -1.14. The third-order valence-electron chi connectivity index (χ3n) is 2.99. The SMILES string of the molecule is O=C(O)C1CN(CC(=O)N2CCC2)CCO1. The summed E-state index contributed by atoms with van der Waals surface area (Å²) < 4.78 is 5.09. The van der Waals surface area contributed by atoms with Crippen LogP contribution in [0.4, 0.5) is 0 Å². The van der Waals surface area contributed by atoms with Gasteiger partial charge in [0.25, 0.3) is 0 Å². The molecule has 1 atom stereocenters. The van der Waals surface area contributed by atoms with Crippen LogP contribution in [0.25, 0.3) is 0 Å². The van der Waals surface area contributed by atoms with Crippen LogP contribution in [0.5, 0.6) is 0 Å². The number of carboxylic acids is 1. The van der Waals surface area contributed by atoms with Crippen molar-refractivity contribution in [3.63, 3.8) is 0 Å². The Bertz CT molecular complexity index is 291. The van der Waals surface area contributed by atoms with Crippen molar-refractivity contribution in [2.75, 3.05) is 39.3 Å².